The van der Waals surface area contributed by atoms with Crippen molar-refractivity contribution in [3.8, 4) is 5.82 Å². The minimum absolute atomic E-state index is 0.0447. The lowest BCUT2D eigenvalue weighted by Crippen LogP contribution is -2.30. The third-order valence-electron chi connectivity index (χ3n) is 4.82. The number of carbonyl (C=O) groups is 1. The quantitative estimate of drug-likeness (QED) is 0.415. The second kappa shape index (κ2) is 9.56. The van der Waals surface area contributed by atoms with Gasteiger partial charge in [0.15, 0.2) is 5.82 Å². The van der Waals surface area contributed by atoms with Crippen molar-refractivity contribution in [1.82, 2.24) is 19.7 Å². The molecule has 2 aromatic carbocycles. The molecule has 10 heteroatoms. The number of pyridine rings is 1. The molecule has 0 atom stereocenters. The van der Waals surface area contributed by atoms with Crippen LogP contribution in [0.1, 0.15) is 21.5 Å². The molecular formula is C23H16Cl2F2N4O2. The number of aromatic nitrogens is 3. The van der Waals surface area contributed by atoms with Gasteiger partial charge in [0.1, 0.15) is 11.6 Å². The summed E-state index contributed by atoms with van der Waals surface area (Å²) in [5.41, 5.74) is 0.819. The smallest absolute Gasteiger partial charge is 0.264 e. The van der Waals surface area contributed by atoms with Crippen LogP contribution >= 0.6 is 23.2 Å². The number of hydrogen-bond donors (Lipinski definition) is 1. The molecule has 0 aliphatic rings. The fourth-order valence-electron chi connectivity index (χ4n) is 3.28. The Morgan fingerprint density at radius 1 is 1.03 bits per heavy atom. The molecule has 2 heterocycles. The monoisotopic (exact) mass is 488 g/mol. The molecule has 4 rings (SSSR count). The molecule has 0 saturated carbocycles. The van der Waals surface area contributed by atoms with Crippen molar-refractivity contribution >= 4 is 29.1 Å². The van der Waals surface area contributed by atoms with Crippen LogP contribution in [0.25, 0.3) is 5.82 Å². The van der Waals surface area contributed by atoms with Crippen molar-refractivity contribution in [2.75, 3.05) is 0 Å². The molecule has 4 aromatic rings. The Balaban J connectivity index is 1.65. The molecule has 33 heavy (non-hydrogen) atoms. The number of nitrogens with zero attached hydrogens (tertiary/aromatic N) is 3. The molecule has 0 bridgehead atoms. The largest absolute Gasteiger partial charge is 0.330 e. The summed E-state index contributed by atoms with van der Waals surface area (Å²) in [5, 5.41) is 3.19. The summed E-state index contributed by atoms with van der Waals surface area (Å²) in [4.78, 5) is 30.2. The number of hydrogen-bond acceptors (Lipinski definition) is 3. The minimum atomic E-state index is -0.856. The highest BCUT2D eigenvalue weighted by atomic mass is 35.5. The van der Waals surface area contributed by atoms with Gasteiger partial charge in [-0.1, -0.05) is 41.4 Å². The van der Waals surface area contributed by atoms with Crippen molar-refractivity contribution in [2.45, 2.75) is 13.1 Å². The SMILES string of the molecule is O=C(c1cc(F)cc(F)c1)N(Cc1ccc(-n2ccc(=O)[nH]2)nc1)Cc1cccc(Cl)c1Cl. The molecule has 168 valence electrons. The maximum Gasteiger partial charge on any atom is 0.264 e. The van der Waals surface area contributed by atoms with E-state index in [1.165, 1.54) is 15.6 Å². The number of halogens is 4. The zero-order chi connectivity index (χ0) is 23.5. The van der Waals surface area contributed by atoms with Gasteiger partial charge in [-0.05, 0) is 35.4 Å². The summed E-state index contributed by atoms with van der Waals surface area (Å²) in [5.74, 6) is -1.83. The average molecular weight is 489 g/mol. The van der Waals surface area contributed by atoms with Gasteiger partial charge >= 0.3 is 0 Å². The Kier molecular flexibility index (Phi) is 6.57. The van der Waals surface area contributed by atoms with Crippen molar-refractivity contribution in [1.29, 1.82) is 0 Å². The van der Waals surface area contributed by atoms with Gasteiger partial charge in [0.25, 0.3) is 11.5 Å². The minimum Gasteiger partial charge on any atom is -0.330 e. The van der Waals surface area contributed by atoms with E-state index < -0.39 is 17.5 Å². The van der Waals surface area contributed by atoms with Crippen LogP contribution in [0.2, 0.25) is 10.0 Å². The van der Waals surface area contributed by atoms with Gasteiger partial charge in [-0.3, -0.25) is 14.7 Å². The fraction of sp³-hybridized carbons (Fsp3) is 0.0870. The van der Waals surface area contributed by atoms with Gasteiger partial charge < -0.3 is 4.90 Å². The van der Waals surface area contributed by atoms with Crippen LogP contribution in [0.15, 0.2) is 71.8 Å². The van der Waals surface area contributed by atoms with Gasteiger partial charge in [0.2, 0.25) is 0 Å². The highest BCUT2D eigenvalue weighted by molar-refractivity contribution is 6.42. The van der Waals surface area contributed by atoms with E-state index in [-0.39, 0.29) is 29.2 Å². The molecule has 6 nitrogen and oxygen atoms in total. The molecule has 0 unspecified atom stereocenters. The highest BCUT2D eigenvalue weighted by Crippen LogP contribution is 2.27. The van der Waals surface area contributed by atoms with E-state index >= 15 is 0 Å². The van der Waals surface area contributed by atoms with Crippen LogP contribution in [-0.2, 0) is 13.1 Å². The van der Waals surface area contributed by atoms with E-state index in [0.717, 1.165) is 12.1 Å². The summed E-state index contributed by atoms with van der Waals surface area (Å²) in [7, 11) is 0. The Morgan fingerprint density at radius 2 is 1.79 bits per heavy atom. The van der Waals surface area contributed by atoms with Crippen LogP contribution < -0.4 is 5.56 Å². The molecule has 2 aromatic heterocycles. The summed E-state index contributed by atoms with van der Waals surface area (Å²) in [6.45, 7) is 0.123. The van der Waals surface area contributed by atoms with Crippen molar-refractivity contribution in [3.05, 3.63) is 116 Å². The van der Waals surface area contributed by atoms with Crippen LogP contribution in [-0.4, -0.2) is 25.6 Å². The number of H-pyrrole nitrogens is 1. The Labute approximate surface area is 197 Å². The summed E-state index contributed by atoms with van der Waals surface area (Å²) in [6.07, 6.45) is 3.08. The van der Waals surface area contributed by atoms with Gasteiger partial charge in [-0.15, -0.1) is 0 Å². The number of amides is 1. The second-order valence-corrected chi connectivity index (χ2v) is 8.00. The van der Waals surface area contributed by atoms with Crippen molar-refractivity contribution in [2.24, 2.45) is 0 Å². The maximum absolute atomic E-state index is 13.7. The Bertz CT molecular complexity index is 1350. The van der Waals surface area contributed by atoms with Gasteiger partial charge in [0.05, 0.1) is 10.0 Å². The lowest BCUT2D eigenvalue weighted by Gasteiger charge is -2.24. The molecule has 1 N–H and O–H groups in total. The van der Waals surface area contributed by atoms with Crippen molar-refractivity contribution < 1.29 is 13.6 Å². The molecule has 0 aliphatic heterocycles. The first-order valence-corrected chi connectivity index (χ1v) is 10.5. The molecule has 1 amide bonds. The zero-order valence-electron chi connectivity index (χ0n) is 16.9. The average Bonchev–Trinajstić information content (AvgIpc) is 3.22. The number of aromatic amines is 1. The number of benzene rings is 2. The second-order valence-electron chi connectivity index (χ2n) is 7.22. The normalized spacial score (nSPS) is 10.9. The van der Waals surface area contributed by atoms with Gasteiger partial charge in [-0.25, -0.2) is 18.4 Å². The highest BCUT2D eigenvalue weighted by Gasteiger charge is 2.20. The van der Waals surface area contributed by atoms with E-state index in [2.05, 4.69) is 10.1 Å². The Hall–Kier alpha value is -3.49. The first-order valence-electron chi connectivity index (χ1n) is 9.71. The van der Waals surface area contributed by atoms with Gasteiger partial charge in [-0.2, -0.15) is 0 Å². The fourth-order valence-corrected chi connectivity index (χ4v) is 3.66. The first-order chi connectivity index (χ1) is 15.8. The van der Waals surface area contributed by atoms with E-state index in [1.54, 1.807) is 42.7 Å². The predicted molar refractivity (Wildman–Crippen MR) is 121 cm³/mol. The van der Waals surface area contributed by atoms with Gasteiger partial charge in [0, 0.05) is 43.2 Å². The summed E-state index contributed by atoms with van der Waals surface area (Å²) in [6, 6.07) is 12.4. The maximum atomic E-state index is 13.7. The van der Waals surface area contributed by atoms with Crippen LogP contribution in [0.5, 0.6) is 0 Å². The predicted octanol–water partition coefficient (Wildman–Crippen LogP) is 4.99. The third-order valence-corrected chi connectivity index (χ3v) is 5.68. The zero-order valence-corrected chi connectivity index (χ0v) is 18.4. The molecule has 0 saturated heterocycles. The van der Waals surface area contributed by atoms with E-state index in [4.69, 9.17) is 23.2 Å². The lowest BCUT2D eigenvalue weighted by atomic mass is 10.1. The number of rotatable bonds is 6. The van der Waals surface area contributed by atoms with E-state index in [9.17, 15) is 18.4 Å². The number of carbonyl (C=O) groups excluding carboxylic acids is 1. The topological polar surface area (TPSA) is 71.0 Å². The third kappa shape index (κ3) is 5.30. The molecule has 0 fully saturated rings. The first kappa shape index (κ1) is 22.7. The summed E-state index contributed by atoms with van der Waals surface area (Å²) >= 11 is 12.4. The van der Waals surface area contributed by atoms with E-state index in [0.29, 0.717) is 28.0 Å². The molecule has 0 aliphatic carbocycles. The Morgan fingerprint density at radius 3 is 2.42 bits per heavy atom. The van der Waals surface area contributed by atoms with Crippen LogP contribution in [0.3, 0.4) is 0 Å². The van der Waals surface area contributed by atoms with Crippen LogP contribution in [0.4, 0.5) is 8.78 Å². The summed E-state index contributed by atoms with van der Waals surface area (Å²) < 4.78 is 28.9. The van der Waals surface area contributed by atoms with Crippen molar-refractivity contribution in [3.63, 3.8) is 0 Å². The number of nitrogens with one attached hydrogen (secondary N) is 1. The molecule has 0 radical (unpaired) electrons. The molecule has 0 spiro atoms. The lowest BCUT2D eigenvalue weighted by molar-refractivity contribution is 0.0729. The molecular weight excluding hydrogens is 473 g/mol. The van der Waals surface area contributed by atoms with E-state index in [1.807, 2.05) is 0 Å². The van der Waals surface area contributed by atoms with Crippen LogP contribution in [0, 0.1) is 11.6 Å². The standard InChI is InChI=1S/C23H16Cl2F2N4O2/c24-19-3-1-2-15(22(19)25)13-30(23(33)16-8-17(26)10-18(27)9-16)12-14-4-5-20(28-11-14)31-7-6-21(32)29-31/h1-11H,12-13H2,(H,29,32).